The van der Waals surface area contributed by atoms with Crippen LogP contribution < -0.4 is 10.6 Å². The topological polar surface area (TPSA) is 70.4 Å². The minimum absolute atomic E-state index is 0. The third-order valence-electron chi connectivity index (χ3n) is 5.74. The number of aromatic nitrogens is 3. The summed E-state index contributed by atoms with van der Waals surface area (Å²) in [5.41, 5.74) is 1.10. The second-order valence-corrected chi connectivity index (χ2v) is 7.75. The molecule has 1 aliphatic heterocycles. The Kier molecular flexibility index (Phi) is 8.29. The van der Waals surface area contributed by atoms with Crippen molar-refractivity contribution in [1.82, 2.24) is 30.1 Å². The van der Waals surface area contributed by atoms with Gasteiger partial charge in [-0.05, 0) is 37.8 Å². The van der Waals surface area contributed by atoms with Crippen molar-refractivity contribution in [2.75, 3.05) is 19.6 Å². The quantitative estimate of drug-likeness (QED) is 0.356. The first-order valence-electron chi connectivity index (χ1n) is 10.5. The van der Waals surface area contributed by atoms with Crippen LogP contribution in [0.3, 0.4) is 0 Å². The molecule has 2 fully saturated rings. The Morgan fingerprint density at radius 2 is 2.10 bits per heavy atom. The summed E-state index contributed by atoms with van der Waals surface area (Å²) in [6.07, 6.45) is 14.0. The lowest BCUT2D eigenvalue weighted by atomic mass is 10.2. The molecule has 0 bridgehead atoms. The average Bonchev–Trinajstić information content (AvgIpc) is 3.49. The van der Waals surface area contributed by atoms with Crippen molar-refractivity contribution in [2.24, 2.45) is 4.99 Å². The summed E-state index contributed by atoms with van der Waals surface area (Å²) < 4.78 is 1.90. The van der Waals surface area contributed by atoms with E-state index in [1.54, 1.807) is 12.5 Å². The molecule has 158 valence electrons. The summed E-state index contributed by atoms with van der Waals surface area (Å²) in [4.78, 5) is 16.0. The van der Waals surface area contributed by atoms with Gasteiger partial charge in [0.2, 0.25) is 0 Å². The number of nitrogens with one attached hydrogen (secondary N) is 2. The summed E-state index contributed by atoms with van der Waals surface area (Å²) in [6, 6.07) is 5.38. The van der Waals surface area contributed by atoms with Crippen molar-refractivity contribution >= 4 is 29.9 Å². The minimum atomic E-state index is 0. The van der Waals surface area contributed by atoms with Gasteiger partial charge in [-0.2, -0.15) is 0 Å². The summed E-state index contributed by atoms with van der Waals surface area (Å²) in [6.45, 7) is 5.93. The van der Waals surface area contributed by atoms with Crippen molar-refractivity contribution in [3.63, 3.8) is 0 Å². The van der Waals surface area contributed by atoms with Gasteiger partial charge in [-0.15, -0.1) is 24.0 Å². The molecule has 1 atom stereocenters. The molecule has 0 amide bonds. The van der Waals surface area contributed by atoms with E-state index in [0.29, 0.717) is 12.6 Å². The number of guanidine groups is 1. The minimum Gasteiger partial charge on any atom is -0.357 e. The summed E-state index contributed by atoms with van der Waals surface area (Å²) in [5, 5.41) is 7.02. The molecule has 1 unspecified atom stereocenters. The fourth-order valence-electron chi connectivity index (χ4n) is 4.25. The van der Waals surface area contributed by atoms with E-state index in [4.69, 9.17) is 4.99 Å². The Morgan fingerprint density at radius 3 is 2.79 bits per heavy atom. The molecule has 2 aromatic heterocycles. The molecule has 4 rings (SSSR count). The molecule has 0 spiro atoms. The number of hydrogen-bond donors (Lipinski definition) is 2. The number of aliphatic imine (C=N–C) groups is 1. The molecule has 2 N–H and O–H groups in total. The standard InChI is InChI=1S/C21H31N7.HI/c1-2-23-21(26-18-9-11-27(15-18)19-5-3-4-6-19)25-14-17-7-8-20(24-13-17)28-12-10-22-16-28;/h7-8,10,12-13,16,18-19H,2-6,9,11,14-15H2,1H3,(H2,23,25,26);1H. The highest BCUT2D eigenvalue weighted by Gasteiger charge is 2.30. The monoisotopic (exact) mass is 509 g/mol. The summed E-state index contributed by atoms with van der Waals surface area (Å²) >= 11 is 0. The maximum absolute atomic E-state index is 4.78. The lowest BCUT2D eigenvalue weighted by molar-refractivity contribution is 0.242. The lowest BCUT2D eigenvalue weighted by Crippen LogP contribution is -2.45. The van der Waals surface area contributed by atoms with E-state index < -0.39 is 0 Å². The lowest BCUT2D eigenvalue weighted by Gasteiger charge is -2.24. The Bertz CT molecular complexity index is 754. The van der Waals surface area contributed by atoms with Crippen LogP contribution in [0, 0.1) is 0 Å². The van der Waals surface area contributed by atoms with Crippen LogP contribution in [-0.2, 0) is 6.54 Å². The predicted molar refractivity (Wildman–Crippen MR) is 127 cm³/mol. The van der Waals surface area contributed by atoms with Crippen molar-refractivity contribution in [1.29, 1.82) is 0 Å². The third kappa shape index (κ3) is 5.91. The van der Waals surface area contributed by atoms with Gasteiger partial charge < -0.3 is 10.6 Å². The molecule has 1 aliphatic carbocycles. The number of imidazole rings is 1. The molecule has 7 nitrogen and oxygen atoms in total. The van der Waals surface area contributed by atoms with Gasteiger partial charge in [-0.3, -0.25) is 9.47 Å². The van der Waals surface area contributed by atoms with E-state index in [9.17, 15) is 0 Å². The van der Waals surface area contributed by atoms with E-state index >= 15 is 0 Å². The van der Waals surface area contributed by atoms with Gasteiger partial charge in [-0.1, -0.05) is 18.9 Å². The van der Waals surface area contributed by atoms with Crippen molar-refractivity contribution < 1.29 is 0 Å². The van der Waals surface area contributed by atoms with E-state index in [1.165, 1.54) is 38.6 Å². The van der Waals surface area contributed by atoms with Crippen LogP contribution in [0.5, 0.6) is 0 Å². The van der Waals surface area contributed by atoms with Crippen LogP contribution in [0.2, 0.25) is 0 Å². The van der Waals surface area contributed by atoms with Crippen molar-refractivity contribution in [3.8, 4) is 5.82 Å². The van der Waals surface area contributed by atoms with Gasteiger partial charge in [0.15, 0.2) is 5.96 Å². The smallest absolute Gasteiger partial charge is 0.191 e. The highest BCUT2D eigenvalue weighted by molar-refractivity contribution is 14.0. The van der Waals surface area contributed by atoms with Crippen molar-refractivity contribution in [3.05, 3.63) is 42.6 Å². The molecule has 1 saturated heterocycles. The molecule has 3 heterocycles. The van der Waals surface area contributed by atoms with Crippen LogP contribution in [0.4, 0.5) is 0 Å². The molecular formula is C21H32IN7. The van der Waals surface area contributed by atoms with Crippen molar-refractivity contribution in [2.45, 2.75) is 57.7 Å². The highest BCUT2D eigenvalue weighted by atomic mass is 127. The molecular weight excluding hydrogens is 477 g/mol. The van der Waals surface area contributed by atoms with E-state index in [1.807, 2.05) is 23.0 Å². The average molecular weight is 509 g/mol. The van der Waals surface area contributed by atoms with Crippen LogP contribution in [0.1, 0.15) is 44.6 Å². The molecule has 0 radical (unpaired) electrons. The van der Waals surface area contributed by atoms with Gasteiger partial charge in [0.05, 0.1) is 6.54 Å². The van der Waals surface area contributed by atoms with Gasteiger partial charge in [-0.25, -0.2) is 15.0 Å². The molecule has 1 saturated carbocycles. The Balaban J connectivity index is 0.00000240. The number of nitrogens with zero attached hydrogens (tertiary/aromatic N) is 5. The third-order valence-corrected chi connectivity index (χ3v) is 5.74. The van der Waals surface area contributed by atoms with Crippen LogP contribution >= 0.6 is 24.0 Å². The first-order valence-corrected chi connectivity index (χ1v) is 10.5. The van der Waals surface area contributed by atoms with Gasteiger partial charge >= 0.3 is 0 Å². The molecule has 2 aliphatic rings. The maximum Gasteiger partial charge on any atom is 0.191 e. The molecule has 29 heavy (non-hydrogen) atoms. The SMILES string of the molecule is CCNC(=NCc1ccc(-n2ccnc2)nc1)NC1CCN(C2CCCC2)C1.I. The normalized spacial score (nSPS) is 20.6. The maximum atomic E-state index is 4.78. The Hall–Kier alpha value is -1.68. The van der Waals surface area contributed by atoms with Crippen LogP contribution in [-0.4, -0.2) is 57.1 Å². The van der Waals surface area contributed by atoms with Gasteiger partial charge in [0, 0.05) is 50.3 Å². The Morgan fingerprint density at radius 1 is 1.24 bits per heavy atom. The Labute approximate surface area is 190 Å². The van der Waals surface area contributed by atoms with Crippen LogP contribution in [0.15, 0.2) is 42.0 Å². The van der Waals surface area contributed by atoms with Gasteiger partial charge in [0.25, 0.3) is 0 Å². The summed E-state index contributed by atoms with van der Waals surface area (Å²) in [7, 11) is 0. The zero-order valence-corrected chi connectivity index (χ0v) is 19.5. The number of hydrogen-bond acceptors (Lipinski definition) is 4. The number of pyridine rings is 1. The largest absolute Gasteiger partial charge is 0.357 e. The summed E-state index contributed by atoms with van der Waals surface area (Å²) in [5.74, 6) is 1.77. The number of likely N-dealkylation sites (tertiary alicyclic amines) is 1. The van der Waals surface area contributed by atoms with E-state index in [0.717, 1.165) is 36.5 Å². The first-order chi connectivity index (χ1) is 13.8. The second-order valence-electron chi connectivity index (χ2n) is 7.75. The van der Waals surface area contributed by atoms with E-state index in [-0.39, 0.29) is 24.0 Å². The van der Waals surface area contributed by atoms with Crippen LogP contribution in [0.25, 0.3) is 5.82 Å². The predicted octanol–water partition coefficient (Wildman–Crippen LogP) is 2.96. The fraction of sp³-hybridized carbons (Fsp3) is 0.571. The van der Waals surface area contributed by atoms with Gasteiger partial charge in [0.1, 0.15) is 12.1 Å². The molecule has 8 heteroatoms. The second kappa shape index (κ2) is 10.9. The first kappa shape index (κ1) is 22.0. The highest BCUT2D eigenvalue weighted by Crippen LogP contribution is 2.26. The van der Waals surface area contributed by atoms with E-state index in [2.05, 4.69) is 38.5 Å². The number of rotatable bonds is 6. The zero-order valence-electron chi connectivity index (χ0n) is 17.1. The zero-order chi connectivity index (χ0) is 19.2. The molecule has 2 aromatic rings. The molecule has 0 aromatic carbocycles. The number of halogens is 1. The fourth-order valence-corrected chi connectivity index (χ4v) is 4.25.